The normalized spacial score (nSPS) is 10.9. The summed E-state index contributed by atoms with van der Waals surface area (Å²) >= 11 is 11.5. The topological polar surface area (TPSA) is 48.0 Å². The molecule has 1 aromatic heterocycles. The van der Waals surface area contributed by atoms with Gasteiger partial charge in [0.2, 0.25) is 0 Å². The second-order valence-electron chi connectivity index (χ2n) is 4.25. The molecular weight excluding hydrogens is 337 g/mol. The monoisotopic (exact) mass is 342 g/mol. The van der Waals surface area contributed by atoms with E-state index in [2.05, 4.69) is 5.10 Å². The highest BCUT2D eigenvalue weighted by Gasteiger charge is 2.20. The SMILES string of the molecule is O=c1oc(-c2c(F)cccc2Cl)nn1-c1cccc(Cl)c1F. The summed E-state index contributed by atoms with van der Waals surface area (Å²) in [7, 11) is 0. The van der Waals surface area contributed by atoms with Crippen LogP contribution in [0.4, 0.5) is 8.78 Å². The molecule has 0 saturated heterocycles. The number of aromatic nitrogens is 2. The van der Waals surface area contributed by atoms with Crippen molar-refractivity contribution in [1.29, 1.82) is 0 Å². The summed E-state index contributed by atoms with van der Waals surface area (Å²) in [5.74, 6) is -2.90. The Morgan fingerprint density at radius 2 is 1.73 bits per heavy atom. The van der Waals surface area contributed by atoms with Crippen LogP contribution >= 0.6 is 23.2 Å². The van der Waals surface area contributed by atoms with E-state index < -0.39 is 17.4 Å². The van der Waals surface area contributed by atoms with Crippen molar-refractivity contribution in [1.82, 2.24) is 9.78 Å². The van der Waals surface area contributed by atoms with Crippen LogP contribution in [0.2, 0.25) is 10.0 Å². The lowest BCUT2D eigenvalue weighted by Crippen LogP contribution is -2.15. The molecule has 112 valence electrons. The molecule has 2 aromatic carbocycles. The summed E-state index contributed by atoms with van der Waals surface area (Å²) in [4.78, 5) is 11.9. The predicted molar refractivity (Wildman–Crippen MR) is 77.5 cm³/mol. The van der Waals surface area contributed by atoms with Crippen molar-refractivity contribution in [2.24, 2.45) is 0 Å². The van der Waals surface area contributed by atoms with Crippen molar-refractivity contribution in [3.8, 4) is 17.1 Å². The van der Waals surface area contributed by atoms with Gasteiger partial charge >= 0.3 is 5.76 Å². The molecule has 1 heterocycles. The minimum Gasteiger partial charge on any atom is -0.387 e. The van der Waals surface area contributed by atoms with Gasteiger partial charge in [-0.05, 0) is 24.3 Å². The lowest BCUT2D eigenvalue weighted by Gasteiger charge is -2.02. The van der Waals surface area contributed by atoms with Gasteiger partial charge in [0.1, 0.15) is 11.5 Å². The molecule has 0 aliphatic rings. The Kier molecular flexibility index (Phi) is 3.72. The third kappa shape index (κ3) is 2.40. The van der Waals surface area contributed by atoms with Crippen molar-refractivity contribution in [2.75, 3.05) is 0 Å². The van der Waals surface area contributed by atoms with Crippen molar-refractivity contribution in [2.45, 2.75) is 0 Å². The van der Waals surface area contributed by atoms with Crippen molar-refractivity contribution in [3.63, 3.8) is 0 Å². The van der Waals surface area contributed by atoms with E-state index in [-0.39, 0.29) is 27.2 Å². The maximum absolute atomic E-state index is 14.0. The molecule has 0 unspecified atom stereocenters. The number of rotatable bonds is 2. The van der Waals surface area contributed by atoms with Gasteiger partial charge in [0, 0.05) is 0 Å². The number of benzene rings is 2. The van der Waals surface area contributed by atoms with Gasteiger partial charge in [-0.3, -0.25) is 0 Å². The maximum Gasteiger partial charge on any atom is 0.442 e. The van der Waals surface area contributed by atoms with Gasteiger partial charge in [0.15, 0.2) is 5.82 Å². The quantitative estimate of drug-likeness (QED) is 0.705. The molecule has 0 radical (unpaired) electrons. The Morgan fingerprint density at radius 1 is 1.05 bits per heavy atom. The summed E-state index contributed by atoms with van der Waals surface area (Å²) in [5, 5.41) is 3.62. The van der Waals surface area contributed by atoms with Gasteiger partial charge in [-0.1, -0.05) is 35.3 Å². The summed E-state index contributed by atoms with van der Waals surface area (Å²) in [6.07, 6.45) is 0. The highest BCUT2D eigenvalue weighted by Crippen LogP contribution is 2.29. The van der Waals surface area contributed by atoms with Gasteiger partial charge < -0.3 is 4.42 Å². The first kappa shape index (κ1) is 14.7. The minimum absolute atomic E-state index is 0.0139. The zero-order chi connectivity index (χ0) is 15.9. The zero-order valence-electron chi connectivity index (χ0n) is 10.7. The van der Waals surface area contributed by atoms with Crippen LogP contribution in [0.25, 0.3) is 17.1 Å². The van der Waals surface area contributed by atoms with E-state index >= 15 is 0 Å². The lowest BCUT2D eigenvalue weighted by molar-refractivity contribution is 0.507. The van der Waals surface area contributed by atoms with Gasteiger partial charge in [-0.25, -0.2) is 13.6 Å². The van der Waals surface area contributed by atoms with Gasteiger partial charge in [0.25, 0.3) is 5.89 Å². The first-order chi connectivity index (χ1) is 10.5. The van der Waals surface area contributed by atoms with Gasteiger partial charge in [0.05, 0.1) is 15.6 Å². The van der Waals surface area contributed by atoms with Crippen molar-refractivity contribution in [3.05, 3.63) is 68.6 Å². The average Bonchev–Trinajstić information content (AvgIpc) is 2.83. The van der Waals surface area contributed by atoms with Crippen LogP contribution in [0, 0.1) is 11.6 Å². The number of hydrogen-bond acceptors (Lipinski definition) is 3. The molecular formula is C14H6Cl2F2N2O2. The highest BCUT2D eigenvalue weighted by atomic mass is 35.5. The maximum atomic E-state index is 14.0. The van der Waals surface area contributed by atoms with Crippen LogP contribution in [-0.4, -0.2) is 9.78 Å². The van der Waals surface area contributed by atoms with E-state index in [9.17, 15) is 13.6 Å². The summed E-state index contributed by atoms with van der Waals surface area (Å²) < 4.78 is 33.3. The fraction of sp³-hybridized carbons (Fsp3) is 0. The Labute approximate surface area is 132 Å². The number of halogens is 4. The fourth-order valence-corrected chi connectivity index (χ4v) is 2.30. The van der Waals surface area contributed by atoms with E-state index in [0.29, 0.717) is 4.68 Å². The third-order valence-electron chi connectivity index (χ3n) is 2.88. The van der Waals surface area contributed by atoms with Crippen molar-refractivity contribution >= 4 is 23.2 Å². The van der Waals surface area contributed by atoms with E-state index in [1.165, 1.54) is 30.3 Å². The zero-order valence-corrected chi connectivity index (χ0v) is 12.2. The average molecular weight is 343 g/mol. The standard InChI is InChI=1S/C14H6Cl2F2N2O2/c15-7-3-1-5-9(17)11(7)13-19-20(14(21)22-13)10-6-2-4-8(16)12(10)18/h1-6H. The van der Waals surface area contributed by atoms with Crippen LogP contribution in [0.3, 0.4) is 0 Å². The second-order valence-corrected chi connectivity index (χ2v) is 5.07. The molecule has 0 aliphatic carbocycles. The Balaban J connectivity index is 2.21. The smallest absolute Gasteiger partial charge is 0.387 e. The van der Waals surface area contributed by atoms with Crippen LogP contribution in [0.1, 0.15) is 0 Å². The van der Waals surface area contributed by atoms with E-state index in [1.54, 1.807) is 0 Å². The molecule has 3 rings (SSSR count). The third-order valence-corrected chi connectivity index (χ3v) is 3.49. The number of hydrogen-bond donors (Lipinski definition) is 0. The fourth-order valence-electron chi connectivity index (χ4n) is 1.89. The molecule has 3 aromatic rings. The van der Waals surface area contributed by atoms with Crippen LogP contribution in [0.5, 0.6) is 0 Å². The molecule has 0 fully saturated rings. The molecule has 0 atom stereocenters. The van der Waals surface area contributed by atoms with Gasteiger partial charge in [-0.2, -0.15) is 4.68 Å². The first-order valence-corrected chi connectivity index (χ1v) is 6.73. The summed E-state index contributed by atoms with van der Waals surface area (Å²) in [6, 6.07) is 8.00. The van der Waals surface area contributed by atoms with E-state index in [0.717, 1.165) is 6.07 Å². The predicted octanol–water partition coefficient (Wildman–Crippen LogP) is 4.08. The minimum atomic E-state index is -0.990. The highest BCUT2D eigenvalue weighted by molar-refractivity contribution is 6.33. The molecule has 0 N–H and O–H groups in total. The lowest BCUT2D eigenvalue weighted by atomic mass is 10.2. The summed E-state index contributed by atoms with van der Waals surface area (Å²) in [6.45, 7) is 0. The number of nitrogens with zero attached hydrogens (tertiary/aromatic N) is 2. The van der Waals surface area contributed by atoms with Gasteiger partial charge in [-0.15, -0.1) is 5.10 Å². The van der Waals surface area contributed by atoms with Crippen LogP contribution in [-0.2, 0) is 0 Å². The molecule has 0 spiro atoms. The molecule has 8 heteroatoms. The summed E-state index contributed by atoms with van der Waals surface area (Å²) in [5.41, 5.74) is -0.387. The van der Waals surface area contributed by atoms with Crippen LogP contribution in [0.15, 0.2) is 45.6 Å². The Morgan fingerprint density at radius 3 is 2.45 bits per heavy atom. The van der Waals surface area contributed by atoms with E-state index in [4.69, 9.17) is 27.6 Å². The Bertz CT molecular complexity index is 901. The molecule has 4 nitrogen and oxygen atoms in total. The van der Waals surface area contributed by atoms with E-state index in [1.807, 2.05) is 0 Å². The molecule has 0 saturated carbocycles. The molecule has 0 bridgehead atoms. The second kappa shape index (κ2) is 5.55. The molecule has 0 amide bonds. The largest absolute Gasteiger partial charge is 0.442 e. The first-order valence-electron chi connectivity index (χ1n) is 5.98. The Hall–Kier alpha value is -2.18. The molecule has 0 aliphatic heterocycles. The molecule has 22 heavy (non-hydrogen) atoms. The van der Waals surface area contributed by atoms with Crippen molar-refractivity contribution < 1.29 is 13.2 Å². The van der Waals surface area contributed by atoms with Crippen LogP contribution < -0.4 is 5.76 Å².